The number of hydrogen-bond donors (Lipinski definition) is 1. The van der Waals surface area contributed by atoms with Gasteiger partial charge in [0.15, 0.2) is 0 Å². The van der Waals surface area contributed by atoms with E-state index >= 15 is 0 Å². The van der Waals surface area contributed by atoms with Gasteiger partial charge in [0.05, 0.1) is 16.6 Å². The number of hydrogen-bond acceptors (Lipinski definition) is 4. The molecule has 1 aliphatic heterocycles. The molecule has 1 aliphatic rings. The Hall–Kier alpha value is -1.43. The third-order valence-electron chi connectivity index (χ3n) is 3.42. The minimum Gasteiger partial charge on any atom is -0.481 e. The molecule has 5 nitrogen and oxygen atoms in total. The number of amides is 1. The summed E-state index contributed by atoms with van der Waals surface area (Å²) >= 11 is 1.51. The van der Waals surface area contributed by atoms with E-state index < -0.39 is 11.4 Å². The first-order valence-corrected chi connectivity index (χ1v) is 6.84. The maximum Gasteiger partial charge on any atom is 0.311 e. The molecule has 0 bridgehead atoms. The van der Waals surface area contributed by atoms with Crippen molar-refractivity contribution in [1.29, 1.82) is 0 Å². The van der Waals surface area contributed by atoms with Crippen LogP contribution in [0.15, 0.2) is 10.9 Å². The van der Waals surface area contributed by atoms with Crippen LogP contribution in [0, 0.1) is 5.41 Å². The van der Waals surface area contributed by atoms with Crippen LogP contribution in [0.3, 0.4) is 0 Å². The summed E-state index contributed by atoms with van der Waals surface area (Å²) in [5.41, 5.74) is 1.89. The van der Waals surface area contributed by atoms with Crippen LogP contribution in [-0.2, 0) is 16.0 Å². The molecule has 1 aromatic heterocycles. The van der Waals surface area contributed by atoms with E-state index in [-0.39, 0.29) is 5.91 Å². The number of carboxylic acids is 1. The second-order valence-electron chi connectivity index (χ2n) is 4.91. The zero-order chi connectivity index (χ0) is 13.2. The molecule has 2 heterocycles. The summed E-state index contributed by atoms with van der Waals surface area (Å²) in [6.07, 6.45) is 1.56. The first-order valence-electron chi connectivity index (χ1n) is 5.89. The van der Waals surface area contributed by atoms with E-state index in [4.69, 9.17) is 5.11 Å². The van der Waals surface area contributed by atoms with Gasteiger partial charge in [-0.15, -0.1) is 11.3 Å². The van der Waals surface area contributed by atoms with Gasteiger partial charge >= 0.3 is 5.97 Å². The van der Waals surface area contributed by atoms with Crippen molar-refractivity contribution in [2.75, 3.05) is 13.1 Å². The van der Waals surface area contributed by atoms with Gasteiger partial charge in [-0.2, -0.15) is 0 Å². The zero-order valence-electron chi connectivity index (χ0n) is 10.3. The Morgan fingerprint density at radius 3 is 2.94 bits per heavy atom. The van der Waals surface area contributed by atoms with Crippen LogP contribution >= 0.6 is 11.3 Å². The van der Waals surface area contributed by atoms with Crippen molar-refractivity contribution >= 4 is 23.2 Å². The van der Waals surface area contributed by atoms with Crippen LogP contribution in [0.5, 0.6) is 0 Å². The maximum atomic E-state index is 12.0. The van der Waals surface area contributed by atoms with E-state index in [2.05, 4.69) is 4.98 Å². The first kappa shape index (κ1) is 13.0. The molecule has 98 valence electrons. The lowest BCUT2D eigenvalue weighted by Gasteiger charge is -2.20. The number of likely N-dealkylation sites (tertiary alicyclic amines) is 1. The molecule has 0 saturated carbocycles. The highest BCUT2D eigenvalue weighted by Crippen LogP contribution is 2.30. The molecule has 0 spiro atoms. The molecule has 0 radical (unpaired) electrons. The van der Waals surface area contributed by atoms with Crippen LogP contribution < -0.4 is 0 Å². The Morgan fingerprint density at radius 2 is 2.39 bits per heavy atom. The molecule has 1 atom stereocenters. The third-order valence-corrected chi connectivity index (χ3v) is 4.06. The van der Waals surface area contributed by atoms with Gasteiger partial charge in [-0.25, -0.2) is 4.98 Å². The molecule has 2 rings (SSSR count). The fraction of sp³-hybridized carbons (Fsp3) is 0.583. The Labute approximate surface area is 109 Å². The predicted octanol–water partition coefficient (Wildman–Crippen LogP) is 1.40. The van der Waals surface area contributed by atoms with Gasteiger partial charge in [0.25, 0.3) is 0 Å². The lowest BCUT2D eigenvalue weighted by Crippen LogP contribution is -2.34. The van der Waals surface area contributed by atoms with E-state index in [1.807, 2.05) is 5.38 Å². The molecule has 0 aromatic carbocycles. The number of rotatable bonds is 4. The molecule has 1 N–H and O–H groups in total. The van der Waals surface area contributed by atoms with E-state index in [1.54, 1.807) is 17.3 Å². The Kier molecular flexibility index (Phi) is 3.65. The molecule has 1 saturated heterocycles. The molecule has 1 fully saturated rings. The highest BCUT2D eigenvalue weighted by molar-refractivity contribution is 7.07. The quantitative estimate of drug-likeness (QED) is 0.896. The van der Waals surface area contributed by atoms with Gasteiger partial charge in [0, 0.05) is 24.9 Å². The van der Waals surface area contributed by atoms with Crippen molar-refractivity contribution < 1.29 is 14.7 Å². The maximum absolute atomic E-state index is 12.0. The largest absolute Gasteiger partial charge is 0.481 e. The van der Waals surface area contributed by atoms with Gasteiger partial charge in [-0.3, -0.25) is 9.59 Å². The topological polar surface area (TPSA) is 70.5 Å². The molecule has 0 aliphatic carbocycles. The number of carbonyl (C=O) groups is 2. The zero-order valence-corrected chi connectivity index (χ0v) is 11.1. The third kappa shape index (κ3) is 2.69. The number of aliphatic carboxylic acids is 1. The summed E-state index contributed by atoms with van der Waals surface area (Å²) in [5, 5.41) is 11.0. The lowest BCUT2D eigenvalue weighted by molar-refractivity contribution is -0.147. The summed E-state index contributed by atoms with van der Waals surface area (Å²) in [6, 6.07) is 0. The average Bonchev–Trinajstić information content (AvgIpc) is 2.95. The Morgan fingerprint density at radius 1 is 1.61 bits per heavy atom. The summed E-state index contributed by atoms with van der Waals surface area (Å²) < 4.78 is 0. The summed E-state index contributed by atoms with van der Waals surface area (Å²) in [6.45, 7) is 2.56. The number of aryl methyl sites for hydroxylation is 1. The molecule has 1 aromatic rings. The number of carbonyl (C=O) groups excluding carboxylic acids is 1. The van der Waals surface area contributed by atoms with Gasteiger partial charge in [-0.1, -0.05) is 0 Å². The minimum absolute atomic E-state index is 0.0213. The van der Waals surface area contributed by atoms with E-state index in [0.29, 0.717) is 32.4 Å². The van der Waals surface area contributed by atoms with E-state index in [0.717, 1.165) is 5.69 Å². The number of nitrogens with zero attached hydrogens (tertiary/aromatic N) is 2. The monoisotopic (exact) mass is 268 g/mol. The normalized spacial score (nSPS) is 23.3. The van der Waals surface area contributed by atoms with Crippen molar-refractivity contribution in [3.63, 3.8) is 0 Å². The summed E-state index contributed by atoms with van der Waals surface area (Å²) in [7, 11) is 0. The highest BCUT2D eigenvalue weighted by Gasteiger charge is 2.41. The van der Waals surface area contributed by atoms with Crippen molar-refractivity contribution in [2.45, 2.75) is 26.2 Å². The molecule has 0 unspecified atom stereocenters. The molecular weight excluding hydrogens is 252 g/mol. The number of aromatic nitrogens is 1. The van der Waals surface area contributed by atoms with Gasteiger partial charge < -0.3 is 10.0 Å². The second-order valence-corrected chi connectivity index (χ2v) is 5.63. The first-order chi connectivity index (χ1) is 8.51. The lowest BCUT2D eigenvalue weighted by atomic mass is 9.90. The van der Waals surface area contributed by atoms with Crippen LogP contribution in [-0.4, -0.2) is 40.0 Å². The standard InChI is InChI=1S/C12H16N2O3S/c1-12(11(16)17)4-5-14(7-12)10(15)3-2-9-6-18-8-13-9/h6,8H,2-5,7H2,1H3,(H,16,17)/t12-/m0/s1. The fourth-order valence-electron chi connectivity index (χ4n) is 2.10. The van der Waals surface area contributed by atoms with Crippen molar-refractivity contribution in [3.8, 4) is 0 Å². The summed E-state index contributed by atoms with van der Waals surface area (Å²) in [4.78, 5) is 28.8. The van der Waals surface area contributed by atoms with Gasteiger partial charge in [0.1, 0.15) is 0 Å². The number of carboxylic acid groups (broad SMARTS) is 1. The molecule has 6 heteroatoms. The SMILES string of the molecule is C[C@]1(C(=O)O)CCN(C(=O)CCc2cscn2)C1. The highest BCUT2D eigenvalue weighted by atomic mass is 32.1. The molecule has 1 amide bonds. The predicted molar refractivity (Wildman–Crippen MR) is 67.4 cm³/mol. The van der Waals surface area contributed by atoms with E-state index in [1.165, 1.54) is 11.3 Å². The fourth-order valence-corrected chi connectivity index (χ4v) is 2.70. The van der Waals surface area contributed by atoms with Gasteiger partial charge in [-0.05, 0) is 19.8 Å². The summed E-state index contributed by atoms with van der Waals surface area (Å²) in [5.74, 6) is -0.801. The van der Waals surface area contributed by atoms with E-state index in [9.17, 15) is 9.59 Å². The van der Waals surface area contributed by atoms with Crippen LogP contribution in [0.2, 0.25) is 0 Å². The average molecular weight is 268 g/mol. The van der Waals surface area contributed by atoms with Crippen molar-refractivity contribution in [2.24, 2.45) is 5.41 Å². The number of thiazole rings is 1. The minimum atomic E-state index is -0.822. The van der Waals surface area contributed by atoms with Crippen LogP contribution in [0.4, 0.5) is 0 Å². The van der Waals surface area contributed by atoms with Crippen molar-refractivity contribution in [3.05, 3.63) is 16.6 Å². The molecular formula is C12H16N2O3S. The molecule has 18 heavy (non-hydrogen) atoms. The second kappa shape index (κ2) is 5.06. The van der Waals surface area contributed by atoms with Crippen molar-refractivity contribution in [1.82, 2.24) is 9.88 Å². The van der Waals surface area contributed by atoms with Crippen LogP contribution in [0.25, 0.3) is 0 Å². The smallest absolute Gasteiger partial charge is 0.311 e. The van der Waals surface area contributed by atoms with Gasteiger partial charge in [0.2, 0.25) is 5.91 Å². The Bertz CT molecular complexity index is 446. The van der Waals surface area contributed by atoms with Crippen LogP contribution in [0.1, 0.15) is 25.5 Å². The Balaban J connectivity index is 1.86.